The maximum atomic E-state index is 12.8. The van der Waals surface area contributed by atoms with E-state index in [0.29, 0.717) is 12.8 Å². The first-order chi connectivity index (χ1) is 34.0. The first kappa shape index (κ1) is 65.1. The summed E-state index contributed by atoms with van der Waals surface area (Å²) in [5.41, 5.74) is 0. The molecule has 1 atom stereocenters. The van der Waals surface area contributed by atoms with E-state index < -0.39 is 6.10 Å². The van der Waals surface area contributed by atoms with Crippen molar-refractivity contribution in [2.75, 3.05) is 13.2 Å². The Morgan fingerprint density at radius 3 is 0.986 bits per heavy atom. The molecule has 0 aliphatic heterocycles. The molecule has 0 saturated carbocycles. The van der Waals surface area contributed by atoms with Crippen LogP contribution in [0.15, 0.2) is 109 Å². The number of esters is 3. The Morgan fingerprint density at radius 2 is 0.565 bits per heavy atom. The summed E-state index contributed by atoms with van der Waals surface area (Å²) >= 11 is 0. The fraction of sp³-hybridized carbons (Fsp3) is 0.667. The molecule has 69 heavy (non-hydrogen) atoms. The molecule has 0 aliphatic carbocycles. The van der Waals surface area contributed by atoms with E-state index in [2.05, 4.69) is 124 Å². The van der Waals surface area contributed by atoms with E-state index in [4.69, 9.17) is 14.2 Å². The monoisotopic (exact) mass is 957 g/mol. The van der Waals surface area contributed by atoms with Gasteiger partial charge in [0.2, 0.25) is 0 Å². The zero-order chi connectivity index (χ0) is 50.0. The summed E-state index contributed by atoms with van der Waals surface area (Å²) < 4.78 is 16.7. The lowest BCUT2D eigenvalue weighted by Gasteiger charge is -2.18. The second kappa shape index (κ2) is 56.7. The van der Waals surface area contributed by atoms with Gasteiger partial charge in [-0.25, -0.2) is 0 Å². The van der Waals surface area contributed by atoms with Crippen LogP contribution in [-0.4, -0.2) is 37.2 Å². The molecule has 0 fully saturated rings. The van der Waals surface area contributed by atoms with Crippen molar-refractivity contribution in [3.8, 4) is 0 Å². The van der Waals surface area contributed by atoms with Crippen LogP contribution in [0.25, 0.3) is 0 Å². The fourth-order valence-corrected chi connectivity index (χ4v) is 7.43. The third-order valence-electron chi connectivity index (χ3n) is 11.7. The molecular formula is C63H104O6. The summed E-state index contributed by atoms with van der Waals surface area (Å²) in [6.07, 6.45) is 76.6. The molecule has 0 spiro atoms. The largest absolute Gasteiger partial charge is 0.462 e. The van der Waals surface area contributed by atoms with Crippen LogP contribution >= 0.6 is 0 Å². The lowest BCUT2D eigenvalue weighted by atomic mass is 10.1. The molecule has 0 saturated heterocycles. The van der Waals surface area contributed by atoms with E-state index in [0.717, 1.165) is 77.0 Å². The van der Waals surface area contributed by atoms with Gasteiger partial charge in [-0.3, -0.25) is 14.4 Å². The summed E-state index contributed by atoms with van der Waals surface area (Å²) in [4.78, 5) is 38.1. The summed E-state index contributed by atoms with van der Waals surface area (Å²) in [7, 11) is 0. The topological polar surface area (TPSA) is 78.9 Å². The zero-order valence-electron chi connectivity index (χ0n) is 44.8. The number of unbranched alkanes of at least 4 members (excludes halogenated alkanes) is 21. The molecule has 0 aromatic carbocycles. The van der Waals surface area contributed by atoms with Crippen molar-refractivity contribution in [2.45, 2.75) is 258 Å². The lowest BCUT2D eigenvalue weighted by Crippen LogP contribution is -2.30. The van der Waals surface area contributed by atoms with Gasteiger partial charge in [0.1, 0.15) is 13.2 Å². The van der Waals surface area contributed by atoms with E-state index in [1.54, 1.807) is 0 Å². The molecule has 6 heteroatoms. The SMILES string of the molecule is CCCCC/C=C\C/C=C\C/C=C\C/C=C\C/C=C\CCC(=O)OC[C@H](COC(=O)CCC/C=C\C/C=C\C/C=C\CCCCCCCC)OC(=O)CCCCCCC/C=C\CCCCCCCC. The average Bonchev–Trinajstić information content (AvgIpc) is 3.35. The van der Waals surface area contributed by atoms with Crippen LogP contribution in [0.3, 0.4) is 0 Å². The smallest absolute Gasteiger partial charge is 0.306 e. The van der Waals surface area contributed by atoms with Gasteiger partial charge in [0.15, 0.2) is 6.10 Å². The van der Waals surface area contributed by atoms with Crippen LogP contribution in [0.5, 0.6) is 0 Å². The first-order valence-electron chi connectivity index (χ1n) is 28.4. The van der Waals surface area contributed by atoms with Gasteiger partial charge in [-0.2, -0.15) is 0 Å². The molecule has 0 radical (unpaired) electrons. The van der Waals surface area contributed by atoms with Crippen molar-refractivity contribution in [1.29, 1.82) is 0 Å². The molecule has 0 unspecified atom stereocenters. The number of carbonyl (C=O) groups is 3. The standard InChI is InChI=1S/C63H104O6/c1-4-7-10-13-16-19-22-25-28-30-31-33-36-38-41-44-47-50-53-56-62(65)68-59-60(69-63(66)57-54-51-48-45-42-39-34-27-24-21-18-15-12-9-6-3)58-67-61(64)55-52-49-46-43-40-37-35-32-29-26-23-20-17-14-11-8-5-2/h16,19,25-29,31,33-35,37-38,41,43,46-47,50,60H,4-15,17-18,20-24,30,32,36,39-40,42,44-45,48-49,51-59H2,1-3H3/b19-16-,28-25-,29-26-,33-31-,34-27-,37-35-,41-38-,46-43-,50-47-/t60-/m0/s1. The predicted octanol–water partition coefficient (Wildman–Crippen LogP) is 19.1. The second-order valence-corrected chi connectivity index (χ2v) is 18.5. The zero-order valence-corrected chi connectivity index (χ0v) is 44.8. The molecular weight excluding hydrogens is 853 g/mol. The molecule has 0 N–H and O–H groups in total. The minimum absolute atomic E-state index is 0.132. The Balaban J connectivity index is 4.59. The fourth-order valence-electron chi connectivity index (χ4n) is 7.43. The molecule has 0 amide bonds. The number of hydrogen-bond acceptors (Lipinski definition) is 6. The average molecular weight is 958 g/mol. The molecule has 0 aromatic heterocycles. The van der Waals surface area contributed by atoms with Gasteiger partial charge in [0, 0.05) is 19.3 Å². The third kappa shape index (κ3) is 54.9. The highest BCUT2D eigenvalue weighted by Gasteiger charge is 2.19. The van der Waals surface area contributed by atoms with Gasteiger partial charge in [0.25, 0.3) is 0 Å². The molecule has 0 rings (SSSR count). The molecule has 6 nitrogen and oxygen atoms in total. The van der Waals surface area contributed by atoms with E-state index in [1.807, 2.05) is 6.08 Å². The van der Waals surface area contributed by atoms with Crippen LogP contribution in [0.2, 0.25) is 0 Å². The highest BCUT2D eigenvalue weighted by atomic mass is 16.6. The maximum absolute atomic E-state index is 12.8. The molecule has 392 valence electrons. The highest BCUT2D eigenvalue weighted by molar-refractivity contribution is 5.71. The molecule has 0 bridgehead atoms. The maximum Gasteiger partial charge on any atom is 0.306 e. The summed E-state index contributed by atoms with van der Waals surface area (Å²) in [5, 5.41) is 0. The number of carbonyl (C=O) groups excluding carboxylic acids is 3. The Bertz CT molecular complexity index is 1420. The molecule has 0 aliphatic rings. The van der Waals surface area contributed by atoms with Gasteiger partial charge < -0.3 is 14.2 Å². The van der Waals surface area contributed by atoms with Gasteiger partial charge in [-0.15, -0.1) is 0 Å². The predicted molar refractivity (Wildman–Crippen MR) is 297 cm³/mol. The number of ether oxygens (including phenoxy) is 3. The second-order valence-electron chi connectivity index (χ2n) is 18.5. The lowest BCUT2D eigenvalue weighted by molar-refractivity contribution is -0.166. The minimum atomic E-state index is -0.835. The first-order valence-corrected chi connectivity index (χ1v) is 28.4. The van der Waals surface area contributed by atoms with Crippen LogP contribution in [0.4, 0.5) is 0 Å². The summed E-state index contributed by atoms with van der Waals surface area (Å²) in [6.45, 7) is 6.48. The van der Waals surface area contributed by atoms with E-state index in [1.165, 1.54) is 122 Å². The Labute approximate surface area is 425 Å². The Kier molecular flexibility index (Phi) is 53.4. The van der Waals surface area contributed by atoms with Crippen LogP contribution in [0, 0.1) is 0 Å². The normalized spacial score (nSPS) is 12.9. The van der Waals surface area contributed by atoms with Gasteiger partial charge in [-0.05, 0) is 116 Å². The minimum Gasteiger partial charge on any atom is -0.462 e. The van der Waals surface area contributed by atoms with Crippen LogP contribution < -0.4 is 0 Å². The quantitative estimate of drug-likeness (QED) is 0.0262. The van der Waals surface area contributed by atoms with E-state index in [9.17, 15) is 14.4 Å². The van der Waals surface area contributed by atoms with Gasteiger partial charge in [-0.1, -0.05) is 226 Å². The summed E-state index contributed by atoms with van der Waals surface area (Å²) in [5.74, 6) is -1.07. The Morgan fingerprint density at radius 1 is 0.290 bits per heavy atom. The highest BCUT2D eigenvalue weighted by Crippen LogP contribution is 2.13. The van der Waals surface area contributed by atoms with E-state index >= 15 is 0 Å². The number of rotatable bonds is 50. The number of allylic oxidation sites excluding steroid dienone is 18. The van der Waals surface area contributed by atoms with Crippen molar-refractivity contribution in [2.24, 2.45) is 0 Å². The van der Waals surface area contributed by atoms with Crippen molar-refractivity contribution >= 4 is 17.9 Å². The summed E-state index contributed by atoms with van der Waals surface area (Å²) in [6, 6.07) is 0. The van der Waals surface area contributed by atoms with Crippen molar-refractivity contribution in [3.05, 3.63) is 109 Å². The van der Waals surface area contributed by atoms with Crippen molar-refractivity contribution < 1.29 is 28.6 Å². The van der Waals surface area contributed by atoms with Gasteiger partial charge in [0.05, 0.1) is 0 Å². The van der Waals surface area contributed by atoms with Gasteiger partial charge >= 0.3 is 17.9 Å². The van der Waals surface area contributed by atoms with E-state index in [-0.39, 0.29) is 50.4 Å². The molecule has 0 heterocycles. The Hall–Kier alpha value is -3.93. The van der Waals surface area contributed by atoms with Crippen LogP contribution in [-0.2, 0) is 28.6 Å². The van der Waals surface area contributed by atoms with Crippen molar-refractivity contribution in [3.63, 3.8) is 0 Å². The third-order valence-corrected chi connectivity index (χ3v) is 11.7. The van der Waals surface area contributed by atoms with Crippen molar-refractivity contribution in [1.82, 2.24) is 0 Å². The molecule has 0 aromatic rings. The number of hydrogen-bond donors (Lipinski definition) is 0. The van der Waals surface area contributed by atoms with Crippen LogP contribution in [0.1, 0.15) is 252 Å².